The summed E-state index contributed by atoms with van der Waals surface area (Å²) in [4.78, 5) is 18.9. The van der Waals surface area contributed by atoms with Gasteiger partial charge in [0.2, 0.25) is 5.89 Å². The van der Waals surface area contributed by atoms with E-state index in [2.05, 4.69) is 15.5 Å². The van der Waals surface area contributed by atoms with Crippen LogP contribution in [0.4, 0.5) is 4.79 Å². The lowest BCUT2D eigenvalue weighted by Crippen LogP contribution is -2.45. The van der Waals surface area contributed by atoms with Gasteiger partial charge in [-0.05, 0) is 32.6 Å². The first-order chi connectivity index (χ1) is 10.2. The highest BCUT2D eigenvalue weighted by molar-refractivity contribution is 5.75. The SMILES string of the molecule is Cc1noc(C2CCCCCN2C(=O)NC2CCCC2)n1. The van der Waals surface area contributed by atoms with Crippen molar-refractivity contribution in [1.29, 1.82) is 0 Å². The number of hydrogen-bond acceptors (Lipinski definition) is 4. The third-order valence-electron chi connectivity index (χ3n) is 4.52. The van der Waals surface area contributed by atoms with E-state index in [1.54, 1.807) is 0 Å². The summed E-state index contributed by atoms with van der Waals surface area (Å²) in [5.41, 5.74) is 0. The Hall–Kier alpha value is -1.59. The summed E-state index contributed by atoms with van der Waals surface area (Å²) in [6.45, 7) is 2.58. The van der Waals surface area contributed by atoms with Gasteiger partial charge in [-0.25, -0.2) is 4.79 Å². The van der Waals surface area contributed by atoms with E-state index in [1.807, 2.05) is 11.8 Å². The summed E-state index contributed by atoms with van der Waals surface area (Å²) in [5.74, 6) is 1.21. The van der Waals surface area contributed by atoms with Crippen molar-refractivity contribution in [1.82, 2.24) is 20.4 Å². The number of amides is 2. The predicted molar refractivity (Wildman–Crippen MR) is 77.7 cm³/mol. The number of hydrogen-bond donors (Lipinski definition) is 1. The summed E-state index contributed by atoms with van der Waals surface area (Å²) in [5, 5.41) is 7.06. The first-order valence-electron chi connectivity index (χ1n) is 8.11. The zero-order chi connectivity index (χ0) is 14.7. The Morgan fingerprint density at radius 3 is 2.67 bits per heavy atom. The number of rotatable bonds is 2. The quantitative estimate of drug-likeness (QED) is 0.909. The molecule has 116 valence electrons. The Kier molecular flexibility index (Phi) is 4.41. The van der Waals surface area contributed by atoms with Gasteiger partial charge in [0.15, 0.2) is 5.82 Å². The van der Waals surface area contributed by atoms with Crippen molar-refractivity contribution >= 4 is 6.03 Å². The van der Waals surface area contributed by atoms with E-state index in [0.717, 1.165) is 45.1 Å². The van der Waals surface area contributed by atoms with Crippen molar-refractivity contribution in [2.24, 2.45) is 0 Å². The fourth-order valence-corrected chi connectivity index (χ4v) is 3.38. The molecule has 1 saturated carbocycles. The molecule has 2 heterocycles. The van der Waals surface area contributed by atoms with Crippen LogP contribution in [0.15, 0.2) is 4.52 Å². The minimum atomic E-state index is -0.0740. The maximum absolute atomic E-state index is 12.6. The first kappa shape index (κ1) is 14.4. The number of likely N-dealkylation sites (tertiary alicyclic amines) is 1. The molecular formula is C15H24N4O2. The molecule has 2 fully saturated rings. The topological polar surface area (TPSA) is 71.3 Å². The average Bonchev–Trinajstić information content (AvgIpc) is 3.05. The molecule has 2 amide bonds. The molecule has 1 aliphatic heterocycles. The summed E-state index contributed by atoms with van der Waals surface area (Å²) in [6, 6.07) is 0.297. The van der Waals surface area contributed by atoms with Crippen LogP contribution in [0.25, 0.3) is 0 Å². The lowest BCUT2D eigenvalue weighted by atomic mass is 10.1. The Labute approximate surface area is 125 Å². The highest BCUT2D eigenvalue weighted by atomic mass is 16.5. The normalized spacial score (nSPS) is 24.0. The van der Waals surface area contributed by atoms with Crippen LogP contribution in [0.2, 0.25) is 0 Å². The molecule has 1 aliphatic carbocycles. The monoisotopic (exact) mass is 292 g/mol. The van der Waals surface area contributed by atoms with Gasteiger partial charge in [-0.2, -0.15) is 4.98 Å². The van der Waals surface area contributed by atoms with Crippen LogP contribution in [0, 0.1) is 6.92 Å². The van der Waals surface area contributed by atoms with Gasteiger partial charge in [-0.15, -0.1) is 0 Å². The number of aryl methyl sites for hydroxylation is 1. The van der Waals surface area contributed by atoms with Crippen LogP contribution in [0.1, 0.15) is 69.1 Å². The number of nitrogens with zero attached hydrogens (tertiary/aromatic N) is 3. The van der Waals surface area contributed by atoms with Crippen LogP contribution in [0.5, 0.6) is 0 Å². The van der Waals surface area contributed by atoms with Crippen molar-refractivity contribution in [3.8, 4) is 0 Å². The van der Waals surface area contributed by atoms with Gasteiger partial charge in [0.25, 0.3) is 0 Å². The lowest BCUT2D eigenvalue weighted by Gasteiger charge is -2.29. The highest BCUT2D eigenvalue weighted by Gasteiger charge is 2.32. The Morgan fingerprint density at radius 2 is 1.95 bits per heavy atom. The molecule has 0 bridgehead atoms. The molecule has 1 aromatic heterocycles. The molecule has 0 radical (unpaired) electrons. The van der Waals surface area contributed by atoms with Gasteiger partial charge in [0.1, 0.15) is 6.04 Å². The molecule has 0 spiro atoms. The standard InChI is InChI=1S/C15H24N4O2/c1-11-16-14(21-18-11)13-9-3-2-6-10-19(13)15(20)17-12-7-4-5-8-12/h12-13H,2-10H2,1H3,(H,17,20). The molecule has 0 aromatic carbocycles. The maximum atomic E-state index is 12.6. The molecule has 21 heavy (non-hydrogen) atoms. The smallest absolute Gasteiger partial charge is 0.318 e. The molecule has 1 aromatic rings. The number of nitrogens with one attached hydrogen (secondary N) is 1. The van der Waals surface area contributed by atoms with Crippen LogP contribution >= 0.6 is 0 Å². The van der Waals surface area contributed by atoms with Gasteiger partial charge in [0.05, 0.1) is 0 Å². The van der Waals surface area contributed by atoms with E-state index in [4.69, 9.17) is 4.52 Å². The number of urea groups is 1. The first-order valence-corrected chi connectivity index (χ1v) is 8.11. The molecular weight excluding hydrogens is 268 g/mol. The van der Waals surface area contributed by atoms with Gasteiger partial charge >= 0.3 is 6.03 Å². The maximum Gasteiger partial charge on any atom is 0.318 e. The Bertz CT molecular complexity index is 482. The van der Waals surface area contributed by atoms with Gasteiger partial charge in [0, 0.05) is 12.6 Å². The summed E-state index contributed by atoms with van der Waals surface area (Å²) >= 11 is 0. The zero-order valence-electron chi connectivity index (χ0n) is 12.7. The lowest BCUT2D eigenvalue weighted by molar-refractivity contribution is 0.156. The fourth-order valence-electron chi connectivity index (χ4n) is 3.38. The molecule has 6 heteroatoms. The van der Waals surface area contributed by atoms with Crippen molar-refractivity contribution in [3.63, 3.8) is 0 Å². The highest BCUT2D eigenvalue weighted by Crippen LogP contribution is 2.29. The molecule has 3 rings (SSSR count). The summed E-state index contributed by atoms with van der Waals surface area (Å²) in [6.07, 6.45) is 8.83. The van der Waals surface area contributed by atoms with Gasteiger partial charge < -0.3 is 14.7 Å². The minimum Gasteiger partial charge on any atom is -0.337 e. The van der Waals surface area contributed by atoms with Gasteiger partial charge in [-0.1, -0.05) is 30.8 Å². The van der Waals surface area contributed by atoms with Crippen LogP contribution in [0.3, 0.4) is 0 Å². The van der Waals surface area contributed by atoms with Crippen molar-refractivity contribution in [3.05, 3.63) is 11.7 Å². The summed E-state index contributed by atoms with van der Waals surface area (Å²) in [7, 11) is 0. The number of carbonyl (C=O) groups is 1. The Morgan fingerprint density at radius 1 is 1.19 bits per heavy atom. The molecule has 1 N–H and O–H groups in total. The van der Waals surface area contributed by atoms with E-state index < -0.39 is 0 Å². The van der Waals surface area contributed by atoms with Crippen LogP contribution < -0.4 is 5.32 Å². The van der Waals surface area contributed by atoms with E-state index in [-0.39, 0.29) is 12.1 Å². The second-order valence-electron chi connectivity index (χ2n) is 6.17. The number of carbonyl (C=O) groups excluding carboxylic acids is 1. The van der Waals surface area contributed by atoms with Gasteiger partial charge in [-0.3, -0.25) is 0 Å². The average molecular weight is 292 g/mol. The molecule has 2 aliphatic rings. The van der Waals surface area contributed by atoms with E-state index in [0.29, 0.717) is 17.8 Å². The van der Waals surface area contributed by atoms with E-state index >= 15 is 0 Å². The largest absolute Gasteiger partial charge is 0.337 e. The third kappa shape index (κ3) is 3.36. The predicted octanol–water partition coefficient (Wildman–Crippen LogP) is 2.95. The second kappa shape index (κ2) is 6.45. The molecule has 1 saturated heterocycles. The molecule has 1 unspecified atom stereocenters. The molecule has 1 atom stereocenters. The van der Waals surface area contributed by atoms with Crippen molar-refractivity contribution < 1.29 is 9.32 Å². The summed E-state index contributed by atoms with van der Waals surface area (Å²) < 4.78 is 5.33. The third-order valence-corrected chi connectivity index (χ3v) is 4.52. The second-order valence-corrected chi connectivity index (χ2v) is 6.17. The Balaban J connectivity index is 1.73. The minimum absolute atomic E-state index is 0.0321. The van der Waals surface area contributed by atoms with Crippen molar-refractivity contribution in [2.75, 3.05) is 6.54 Å². The van der Waals surface area contributed by atoms with E-state index in [9.17, 15) is 4.79 Å². The fraction of sp³-hybridized carbons (Fsp3) is 0.800. The van der Waals surface area contributed by atoms with Crippen LogP contribution in [-0.2, 0) is 0 Å². The number of aromatic nitrogens is 2. The molecule has 6 nitrogen and oxygen atoms in total. The zero-order valence-corrected chi connectivity index (χ0v) is 12.7. The van der Waals surface area contributed by atoms with E-state index in [1.165, 1.54) is 12.8 Å². The van der Waals surface area contributed by atoms with Crippen molar-refractivity contribution in [2.45, 2.75) is 70.4 Å². The van der Waals surface area contributed by atoms with Crippen LogP contribution in [-0.4, -0.2) is 33.7 Å².